The van der Waals surface area contributed by atoms with Crippen molar-refractivity contribution in [2.45, 2.75) is 31.8 Å². The molecule has 0 saturated heterocycles. The topological polar surface area (TPSA) is 33.2 Å². The number of amides is 1. The van der Waals surface area contributed by atoms with Gasteiger partial charge >= 0.3 is 0 Å². The van der Waals surface area contributed by atoms with Gasteiger partial charge in [0.25, 0.3) is 0 Å². The van der Waals surface area contributed by atoms with Gasteiger partial charge in [0.1, 0.15) is 5.88 Å². The summed E-state index contributed by atoms with van der Waals surface area (Å²) in [7, 11) is 0. The Morgan fingerprint density at radius 3 is 2.88 bits per heavy atom. The molecule has 0 N–H and O–H groups in total. The molecule has 1 aliphatic carbocycles. The van der Waals surface area contributed by atoms with Crippen LogP contribution in [0.3, 0.4) is 0 Å². The lowest BCUT2D eigenvalue weighted by Crippen LogP contribution is -2.36. The Labute approximate surface area is 100 Å². The molecule has 1 amide bonds. The van der Waals surface area contributed by atoms with Gasteiger partial charge in [-0.15, -0.1) is 11.6 Å². The van der Waals surface area contributed by atoms with E-state index in [2.05, 4.69) is 4.98 Å². The molecule has 3 nitrogen and oxygen atoms in total. The van der Waals surface area contributed by atoms with E-state index in [0.717, 1.165) is 18.5 Å². The van der Waals surface area contributed by atoms with E-state index >= 15 is 0 Å². The number of alkyl halides is 1. The summed E-state index contributed by atoms with van der Waals surface area (Å²) in [5.41, 5.74) is 0.924. The van der Waals surface area contributed by atoms with Crippen molar-refractivity contribution in [3.63, 3.8) is 0 Å². The second kappa shape index (κ2) is 4.83. The molecule has 0 spiro atoms. The number of pyridine rings is 1. The average molecular weight is 239 g/mol. The van der Waals surface area contributed by atoms with E-state index in [1.54, 1.807) is 6.20 Å². The van der Waals surface area contributed by atoms with Crippen molar-refractivity contribution in [1.82, 2.24) is 9.88 Å². The lowest BCUT2D eigenvalue weighted by atomic mass is 10.2. The highest BCUT2D eigenvalue weighted by atomic mass is 35.5. The first-order valence-corrected chi connectivity index (χ1v) is 6.05. The average Bonchev–Trinajstić information content (AvgIpc) is 3.14. The monoisotopic (exact) mass is 238 g/mol. The van der Waals surface area contributed by atoms with Crippen molar-refractivity contribution in [3.05, 3.63) is 30.1 Å². The van der Waals surface area contributed by atoms with E-state index in [4.69, 9.17) is 11.6 Å². The number of hydrogen-bond acceptors (Lipinski definition) is 2. The first kappa shape index (κ1) is 11.4. The Bertz CT molecular complexity index is 365. The quantitative estimate of drug-likeness (QED) is 0.755. The van der Waals surface area contributed by atoms with Crippen LogP contribution in [-0.2, 0) is 4.79 Å². The van der Waals surface area contributed by atoms with Gasteiger partial charge in [0, 0.05) is 12.2 Å². The Morgan fingerprint density at radius 2 is 2.38 bits per heavy atom. The number of nitrogens with zero attached hydrogens (tertiary/aromatic N) is 2. The van der Waals surface area contributed by atoms with Crippen LogP contribution in [-0.4, -0.2) is 27.7 Å². The van der Waals surface area contributed by atoms with E-state index in [0.29, 0.717) is 6.04 Å². The van der Waals surface area contributed by atoms with Crippen molar-refractivity contribution in [1.29, 1.82) is 0 Å². The summed E-state index contributed by atoms with van der Waals surface area (Å²) in [5, 5.41) is 0. The van der Waals surface area contributed by atoms with Crippen LogP contribution in [0.5, 0.6) is 0 Å². The summed E-state index contributed by atoms with van der Waals surface area (Å²) in [5.74, 6) is 0.0514. The van der Waals surface area contributed by atoms with Crippen LogP contribution in [0.15, 0.2) is 24.4 Å². The van der Waals surface area contributed by atoms with Crippen molar-refractivity contribution in [2.75, 3.05) is 5.88 Å². The van der Waals surface area contributed by atoms with E-state index in [1.165, 1.54) is 0 Å². The van der Waals surface area contributed by atoms with Gasteiger partial charge in [-0.2, -0.15) is 0 Å². The summed E-state index contributed by atoms with van der Waals surface area (Å²) < 4.78 is 0. The molecule has 4 heteroatoms. The van der Waals surface area contributed by atoms with Gasteiger partial charge in [-0.1, -0.05) is 6.07 Å². The molecule has 0 bridgehead atoms. The van der Waals surface area contributed by atoms with Gasteiger partial charge in [-0.05, 0) is 31.9 Å². The maximum atomic E-state index is 11.8. The molecule has 16 heavy (non-hydrogen) atoms. The Morgan fingerprint density at radius 1 is 1.62 bits per heavy atom. The maximum Gasteiger partial charge on any atom is 0.238 e. The third-order valence-corrected chi connectivity index (χ3v) is 3.10. The van der Waals surface area contributed by atoms with Gasteiger partial charge in [0.2, 0.25) is 5.91 Å². The molecule has 0 aromatic carbocycles. The van der Waals surface area contributed by atoms with Gasteiger partial charge in [0.15, 0.2) is 0 Å². The number of carbonyl (C=O) groups excluding carboxylic acids is 1. The molecule has 86 valence electrons. The van der Waals surface area contributed by atoms with Crippen LogP contribution in [0.25, 0.3) is 0 Å². The molecular weight excluding hydrogens is 224 g/mol. The minimum Gasteiger partial charge on any atom is -0.330 e. The summed E-state index contributed by atoms with van der Waals surface area (Å²) in [6, 6.07) is 6.14. The zero-order valence-corrected chi connectivity index (χ0v) is 10.0. The van der Waals surface area contributed by atoms with E-state index < -0.39 is 0 Å². The van der Waals surface area contributed by atoms with Crippen molar-refractivity contribution in [3.8, 4) is 0 Å². The molecule has 1 aliphatic rings. The van der Waals surface area contributed by atoms with Gasteiger partial charge in [-0.25, -0.2) is 0 Å². The molecule has 1 aromatic heterocycles. The third kappa shape index (κ3) is 2.35. The zero-order valence-electron chi connectivity index (χ0n) is 9.27. The van der Waals surface area contributed by atoms with Crippen LogP contribution in [0, 0.1) is 0 Å². The number of halogens is 1. The summed E-state index contributed by atoms with van der Waals surface area (Å²) in [6.45, 7) is 2.01. The van der Waals surface area contributed by atoms with Gasteiger partial charge in [0.05, 0.1) is 11.7 Å². The summed E-state index contributed by atoms with van der Waals surface area (Å²) in [4.78, 5) is 17.9. The molecule has 0 unspecified atom stereocenters. The first-order chi connectivity index (χ1) is 7.74. The normalized spacial score (nSPS) is 16.9. The largest absolute Gasteiger partial charge is 0.330 e. The lowest BCUT2D eigenvalue weighted by molar-refractivity contribution is -0.131. The second-order valence-electron chi connectivity index (χ2n) is 4.10. The molecule has 0 radical (unpaired) electrons. The van der Waals surface area contributed by atoms with Crippen LogP contribution in [0.4, 0.5) is 0 Å². The molecular formula is C12H15ClN2O. The van der Waals surface area contributed by atoms with Crippen LogP contribution >= 0.6 is 11.6 Å². The first-order valence-electron chi connectivity index (χ1n) is 5.52. The predicted octanol–water partition coefficient (Wildman–Crippen LogP) is 2.37. The van der Waals surface area contributed by atoms with Crippen LogP contribution in [0.1, 0.15) is 31.5 Å². The SMILES string of the molecule is C[C@@H](c1ccccn1)N(C(=O)CCl)C1CC1. The number of hydrogen-bond donors (Lipinski definition) is 0. The molecule has 1 fully saturated rings. The minimum absolute atomic E-state index is 0.00215. The highest BCUT2D eigenvalue weighted by Gasteiger charge is 2.36. The minimum atomic E-state index is 0.00215. The Kier molecular flexibility index (Phi) is 3.44. The molecule has 2 rings (SSSR count). The predicted molar refractivity (Wildman–Crippen MR) is 63.2 cm³/mol. The maximum absolute atomic E-state index is 11.8. The fourth-order valence-electron chi connectivity index (χ4n) is 1.92. The zero-order chi connectivity index (χ0) is 11.5. The van der Waals surface area contributed by atoms with Crippen LogP contribution in [0.2, 0.25) is 0 Å². The molecule has 1 heterocycles. The summed E-state index contributed by atoms with van der Waals surface area (Å²) >= 11 is 5.64. The third-order valence-electron chi connectivity index (χ3n) is 2.88. The van der Waals surface area contributed by atoms with Crippen molar-refractivity contribution < 1.29 is 4.79 Å². The number of carbonyl (C=O) groups is 1. The standard InChI is InChI=1S/C12H15ClN2O/c1-9(11-4-2-3-7-14-11)15(10-5-6-10)12(16)8-13/h2-4,7,9-10H,5-6,8H2,1H3/t9-/m0/s1. The summed E-state index contributed by atoms with van der Waals surface area (Å²) in [6.07, 6.45) is 3.92. The number of aromatic nitrogens is 1. The van der Waals surface area contributed by atoms with E-state index in [-0.39, 0.29) is 17.8 Å². The van der Waals surface area contributed by atoms with Crippen molar-refractivity contribution >= 4 is 17.5 Å². The Hall–Kier alpha value is -1.09. The fraction of sp³-hybridized carbons (Fsp3) is 0.500. The molecule has 1 saturated carbocycles. The number of rotatable bonds is 4. The fourth-order valence-corrected chi connectivity index (χ4v) is 2.06. The highest BCUT2D eigenvalue weighted by Crippen LogP contribution is 2.33. The lowest BCUT2D eigenvalue weighted by Gasteiger charge is -2.28. The second-order valence-corrected chi connectivity index (χ2v) is 4.36. The van der Waals surface area contributed by atoms with Gasteiger partial charge in [-0.3, -0.25) is 9.78 Å². The highest BCUT2D eigenvalue weighted by molar-refractivity contribution is 6.27. The van der Waals surface area contributed by atoms with Gasteiger partial charge < -0.3 is 4.90 Å². The molecule has 0 aliphatic heterocycles. The van der Waals surface area contributed by atoms with E-state index in [1.807, 2.05) is 30.0 Å². The smallest absolute Gasteiger partial charge is 0.238 e. The molecule has 1 atom stereocenters. The van der Waals surface area contributed by atoms with E-state index in [9.17, 15) is 4.79 Å². The Balaban J connectivity index is 2.17. The van der Waals surface area contributed by atoms with Crippen molar-refractivity contribution in [2.24, 2.45) is 0 Å². The van der Waals surface area contributed by atoms with Crippen LogP contribution < -0.4 is 0 Å². The molecule has 1 aromatic rings.